The van der Waals surface area contributed by atoms with Gasteiger partial charge in [0.05, 0.1) is 23.4 Å². The van der Waals surface area contributed by atoms with E-state index in [-0.39, 0.29) is 5.75 Å². The van der Waals surface area contributed by atoms with Crippen LogP contribution in [0.4, 0.5) is 0 Å². The lowest BCUT2D eigenvalue weighted by Gasteiger charge is -2.15. The number of aromatic hydroxyl groups is 1. The van der Waals surface area contributed by atoms with Crippen molar-refractivity contribution in [2.24, 2.45) is 0 Å². The van der Waals surface area contributed by atoms with Gasteiger partial charge in [-0.05, 0) is 41.3 Å². The molecule has 0 fully saturated rings. The van der Waals surface area contributed by atoms with Gasteiger partial charge >= 0.3 is 5.97 Å². The van der Waals surface area contributed by atoms with E-state index in [1.165, 1.54) is 7.11 Å². The molecular formula is C25H17NO4. The van der Waals surface area contributed by atoms with Crippen molar-refractivity contribution in [1.82, 2.24) is 0 Å². The third kappa shape index (κ3) is 2.63. The van der Waals surface area contributed by atoms with E-state index in [4.69, 9.17) is 14.6 Å². The normalized spacial score (nSPS) is 11.2. The summed E-state index contributed by atoms with van der Waals surface area (Å²) < 4.78 is 11.2. The summed E-state index contributed by atoms with van der Waals surface area (Å²) in [5.74, 6) is -0.363. The van der Waals surface area contributed by atoms with Gasteiger partial charge in [-0.3, -0.25) is 0 Å². The van der Waals surface area contributed by atoms with Crippen LogP contribution in [0.1, 0.15) is 10.4 Å². The van der Waals surface area contributed by atoms with E-state index in [1.54, 1.807) is 36.4 Å². The zero-order valence-electron chi connectivity index (χ0n) is 16.1. The molecule has 0 bridgehead atoms. The van der Waals surface area contributed by atoms with Crippen LogP contribution in [0.3, 0.4) is 0 Å². The Morgan fingerprint density at radius 2 is 1.77 bits per heavy atom. The Labute approximate surface area is 171 Å². The summed E-state index contributed by atoms with van der Waals surface area (Å²) in [7, 11) is 1.35. The smallest absolute Gasteiger partial charge is 0.338 e. The van der Waals surface area contributed by atoms with E-state index in [0.29, 0.717) is 33.0 Å². The number of phenols is 1. The number of hydrogen-bond donors (Lipinski definition) is 2. The quantitative estimate of drug-likeness (QED) is 0.239. The molecule has 4 aromatic carbocycles. The molecule has 0 aliphatic heterocycles. The zero-order valence-corrected chi connectivity index (χ0v) is 16.1. The van der Waals surface area contributed by atoms with Crippen molar-refractivity contribution in [3.05, 3.63) is 83.7 Å². The van der Waals surface area contributed by atoms with Crippen molar-refractivity contribution in [2.45, 2.75) is 0 Å². The first-order chi connectivity index (χ1) is 14.6. The number of carbonyl (C=O) groups excluding carboxylic acids is 1. The number of ether oxygens (including phenoxy) is 1. The summed E-state index contributed by atoms with van der Waals surface area (Å²) >= 11 is 0. The van der Waals surface area contributed by atoms with E-state index in [1.807, 2.05) is 36.4 Å². The van der Waals surface area contributed by atoms with Crippen molar-refractivity contribution < 1.29 is 19.1 Å². The Balaban J connectivity index is 2.05. The van der Waals surface area contributed by atoms with Crippen LogP contribution in [0.15, 0.2) is 77.2 Å². The van der Waals surface area contributed by atoms with Crippen LogP contribution in [0.2, 0.25) is 0 Å². The second-order valence-corrected chi connectivity index (χ2v) is 7.04. The Morgan fingerprint density at radius 3 is 2.60 bits per heavy atom. The molecule has 1 aromatic heterocycles. The van der Waals surface area contributed by atoms with Gasteiger partial charge in [0.2, 0.25) is 0 Å². The van der Waals surface area contributed by atoms with Gasteiger partial charge in [0.1, 0.15) is 16.9 Å². The minimum Gasteiger partial charge on any atom is -0.508 e. The lowest BCUT2D eigenvalue weighted by molar-refractivity contribution is 0.0601. The largest absolute Gasteiger partial charge is 0.508 e. The van der Waals surface area contributed by atoms with Gasteiger partial charge in [-0.25, -0.2) is 4.79 Å². The molecule has 0 radical (unpaired) electrons. The molecule has 0 aliphatic rings. The zero-order chi connectivity index (χ0) is 20.8. The molecule has 146 valence electrons. The fourth-order valence-electron chi connectivity index (χ4n) is 3.99. The Morgan fingerprint density at radius 1 is 0.967 bits per heavy atom. The number of esters is 1. The van der Waals surface area contributed by atoms with Gasteiger partial charge in [-0.2, -0.15) is 0 Å². The molecule has 0 amide bonds. The van der Waals surface area contributed by atoms with E-state index < -0.39 is 5.97 Å². The predicted molar refractivity (Wildman–Crippen MR) is 116 cm³/mol. The summed E-state index contributed by atoms with van der Waals surface area (Å²) in [4.78, 5) is 12.5. The standard InChI is InChI=1S/C25H17NO4/c1-29-25(28)17-7-3-2-6-16(17)23-18-12-10-15(27)13-21(18)30-24-19(23)11-9-14-5-4-8-20(26)22(14)24/h2-13,26-27H,1H3. The van der Waals surface area contributed by atoms with Crippen LogP contribution in [-0.2, 0) is 4.74 Å². The van der Waals surface area contributed by atoms with Crippen LogP contribution in [-0.4, -0.2) is 18.2 Å². The molecule has 0 aliphatic carbocycles. The second-order valence-electron chi connectivity index (χ2n) is 7.04. The molecule has 5 rings (SSSR count). The number of phenolic OH excluding ortho intramolecular Hbond substituents is 1. The highest BCUT2D eigenvalue weighted by Gasteiger charge is 2.20. The van der Waals surface area contributed by atoms with Crippen LogP contribution in [0.5, 0.6) is 5.75 Å². The number of benzene rings is 4. The van der Waals surface area contributed by atoms with Crippen molar-refractivity contribution in [1.29, 1.82) is 5.41 Å². The third-order valence-corrected chi connectivity index (χ3v) is 5.32. The molecule has 2 N–H and O–H groups in total. The fraction of sp³-hybridized carbons (Fsp3) is 0.0400. The summed E-state index contributed by atoms with van der Waals surface area (Å²) in [5.41, 5.74) is 2.92. The van der Waals surface area contributed by atoms with E-state index in [9.17, 15) is 9.90 Å². The highest BCUT2D eigenvalue weighted by atomic mass is 16.5. The second kappa shape index (κ2) is 6.74. The van der Waals surface area contributed by atoms with Gasteiger partial charge in [0, 0.05) is 22.4 Å². The maximum atomic E-state index is 12.5. The summed E-state index contributed by atoms with van der Waals surface area (Å²) in [6.07, 6.45) is 0. The molecule has 5 nitrogen and oxygen atoms in total. The van der Waals surface area contributed by atoms with Gasteiger partial charge < -0.3 is 19.7 Å². The Bertz CT molecular complexity index is 1530. The highest BCUT2D eigenvalue weighted by molar-refractivity contribution is 6.17. The van der Waals surface area contributed by atoms with E-state index in [2.05, 4.69) is 0 Å². The average molecular weight is 395 g/mol. The van der Waals surface area contributed by atoms with Crippen LogP contribution in [0.25, 0.3) is 43.8 Å². The van der Waals surface area contributed by atoms with Crippen LogP contribution in [0, 0.1) is 5.41 Å². The maximum Gasteiger partial charge on any atom is 0.338 e. The SMILES string of the molecule is COC(=O)c1ccccc1-c1c2ccc(O)cc2oc2c1ccc1cccc(=N)c12. The van der Waals surface area contributed by atoms with E-state index in [0.717, 1.165) is 21.7 Å². The number of fused-ring (bicyclic) bond motifs is 4. The first-order valence-electron chi connectivity index (χ1n) is 9.42. The molecular weight excluding hydrogens is 378 g/mol. The average Bonchev–Trinajstić information content (AvgIpc) is 2.76. The van der Waals surface area contributed by atoms with Gasteiger partial charge in [0.25, 0.3) is 0 Å². The molecule has 5 heteroatoms. The minimum absolute atomic E-state index is 0.0733. The number of methoxy groups -OCH3 is 1. The summed E-state index contributed by atoms with van der Waals surface area (Å²) in [6.45, 7) is 0. The van der Waals surface area contributed by atoms with Crippen LogP contribution < -0.4 is 5.36 Å². The van der Waals surface area contributed by atoms with Crippen molar-refractivity contribution in [2.75, 3.05) is 7.11 Å². The maximum absolute atomic E-state index is 12.5. The molecule has 0 atom stereocenters. The molecule has 0 spiro atoms. The molecule has 1 heterocycles. The Hall–Kier alpha value is -4.12. The topological polar surface area (TPSA) is 83.5 Å². The minimum atomic E-state index is -0.437. The lowest BCUT2D eigenvalue weighted by atomic mass is 9.92. The Kier molecular flexibility index (Phi) is 4.03. The summed E-state index contributed by atoms with van der Waals surface area (Å²) in [5, 5.41) is 21.9. The number of nitrogens with one attached hydrogen (secondary N) is 1. The lowest BCUT2D eigenvalue weighted by Crippen LogP contribution is -2.04. The van der Waals surface area contributed by atoms with E-state index >= 15 is 0 Å². The first-order valence-corrected chi connectivity index (χ1v) is 9.42. The van der Waals surface area contributed by atoms with Crippen LogP contribution >= 0.6 is 0 Å². The number of rotatable bonds is 2. The number of carbonyl (C=O) groups is 1. The molecule has 0 saturated heterocycles. The van der Waals surface area contributed by atoms with Crippen molar-refractivity contribution >= 4 is 38.7 Å². The molecule has 5 aromatic rings. The molecule has 30 heavy (non-hydrogen) atoms. The monoisotopic (exact) mass is 395 g/mol. The van der Waals surface area contributed by atoms with Gasteiger partial charge in [-0.15, -0.1) is 0 Å². The van der Waals surface area contributed by atoms with Crippen molar-refractivity contribution in [3.8, 4) is 16.9 Å². The van der Waals surface area contributed by atoms with Gasteiger partial charge in [0.15, 0.2) is 0 Å². The summed E-state index contributed by atoms with van der Waals surface area (Å²) in [6, 6.07) is 21.5. The third-order valence-electron chi connectivity index (χ3n) is 5.32. The highest BCUT2D eigenvalue weighted by Crippen LogP contribution is 2.40. The van der Waals surface area contributed by atoms with Crippen molar-refractivity contribution in [3.63, 3.8) is 0 Å². The fourth-order valence-corrected chi connectivity index (χ4v) is 3.99. The predicted octanol–water partition coefficient (Wildman–Crippen LogP) is 5.38. The molecule has 0 unspecified atom stereocenters. The first kappa shape index (κ1) is 17.9. The number of hydrogen-bond acceptors (Lipinski definition) is 5. The van der Waals surface area contributed by atoms with Gasteiger partial charge in [-0.1, -0.05) is 36.4 Å². The molecule has 0 saturated carbocycles.